The van der Waals surface area contributed by atoms with Gasteiger partial charge in [0.25, 0.3) is 0 Å². The highest BCUT2D eigenvalue weighted by Gasteiger charge is 2.52. The Labute approximate surface area is 207 Å². The molecule has 0 saturated carbocycles. The number of fused-ring (bicyclic) bond motifs is 1. The second-order valence-electron chi connectivity index (χ2n) is 11.2. The van der Waals surface area contributed by atoms with Gasteiger partial charge < -0.3 is 18.6 Å². The molecule has 182 valence electrons. The molecule has 0 unspecified atom stereocenters. The second kappa shape index (κ2) is 9.06. The Bertz CT molecular complexity index is 1190. The summed E-state index contributed by atoms with van der Waals surface area (Å²) in [4.78, 5) is 4.71. The highest BCUT2D eigenvalue weighted by molar-refractivity contribution is 6.76. The highest BCUT2D eigenvalue weighted by Crippen LogP contribution is 2.39. The van der Waals surface area contributed by atoms with Gasteiger partial charge in [0.15, 0.2) is 0 Å². The molecular formula is C25H33BClFN2O3Si. The molecule has 1 fully saturated rings. The summed E-state index contributed by atoms with van der Waals surface area (Å²) < 4.78 is 35.1. The first-order chi connectivity index (χ1) is 15.8. The average molecular weight is 503 g/mol. The van der Waals surface area contributed by atoms with Crippen LogP contribution in [-0.4, -0.2) is 42.6 Å². The van der Waals surface area contributed by atoms with Crippen molar-refractivity contribution in [1.82, 2.24) is 9.55 Å². The largest absolute Gasteiger partial charge is 0.497 e. The third-order valence-electron chi connectivity index (χ3n) is 6.75. The normalized spacial score (nSPS) is 17.6. The summed E-state index contributed by atoms with van der Waals surface area (Å²) >= 11 is 6.98. The van der Waals surface area contributed by atoms with Crippen LogP contribution in [0, 0.1) is 5.82 Å². The molecule has 0 amide bonds. The van der Waals surface area contributed by atoms with Crippen molar-refractivity contribution in [2.45, 2.75) is 71.3 Å². The van der Waals surface area contributed by atoms with Gasteiger partial charge in [0, 0.05) is 49.1 Å². The van der Waals surface area contributed by atoms with Gasteiger partial charge in [-0.05, 0) is 39.8 Å². The Balaban J connectivity index is 1.77. The topological polar surface area (TPSA) is 45.5 Å². The van der Waals surface area contributed by atoms with Crippen LogP contribution >= 0.6 is 11.6 Å². The van der Waals surface area contributed by atoms with Crippen molar-refractivity contribution in [2.75, 3.05) is 6.61 Å². The quantitative estimate of drug-likeness (QED) is 0.289. The van der Waals surface area contributed by atoms with Crippen LogP contribution in [0.3, 0.4) is 0 Å². The summed E-state index contributed by atoms with van der Waals surface area (Å²) in [6.07, 6.45) is 3.56. The van der Waals surface area contributed by atoms with E-state index in [-0.39, 0.29) is 5.82 Å². The van der Waals surface area contributed by atoms with Gasteiger partial charge in [-0.3, -0.25) is 0 Å². The van der Waals surface area contributed by atoms with Crippen molar-refractivity contribution in [3.63, 3.8) is 0 Å². The van der Waals surface area contributed by atoms with E-state index in [9.17, 15) is 4.39 Å². The maximum atomic E-state index is 14.8. The van der Waals surface area contributed by atoms with E-state index in [1.54, 1.807) is 18.3 Å². The number of hydrogen-bond acceptors (Lipinski definition) is 4. The van der Waals surface area contributed by atoms with Crippen LogP contribution in [0.1, 0.15) is 27.7 Å². The van der Waals surface area contributed by atoms with Crippen molar-refractivity contribution in [3.05, 3.63) is 47.5 Å². The molecule has 1 aliphatic heterocycles. The SMILES string of the molecule is CC1(C)OB(c2cnc3c(c(-c4ccccc4F)cn3COCC[Si](C)(C)C)c2Cl)OC1(C)C. The lowest BCUT2D eigenvalue weighted by Gasteiger charge is -2.32. The molecule has 0 radical (unpaired) electrons. The summed E-state index contributed by atoms with van der Waals surface area (Å²) in [6, 6.07) is 7.74. The minimum atomic E-state index is -1.21. The minimum Gasteiger partial charge on any atom is -0.399 e. The highest BCUT2D eigenvalue weighted by atomic mass is 35.5. The maximum absolute atomic E-state index is 14.8. The van der Waals surface area contributed by atoms with Crippen LogP contribution in [0.2, 0.25) is 30.7 Å². The molecule has 0 bridgehead atoms. The second-order valence-corrected chi connectivity index (χ2v) is 17.2. The van der Waals surface area contributed by atoms with E-state index in [0.29, 0.717) is 46.0 Å². The van der Waals surface area contributed by atoms with E-state index in [4.69, 9.17) is 30.6 Å². The number of pyridine rings is 1. The molecule has 3 heterocycles. The van der Waals surface area contributed by atoms with Gasteiger partial charge in [-0.25, -0.2) is 9.37 Å². The maximum Gasteiger partial charge on any atom is 0.497 e. The van der Waals surface area contributed by atoms with Crippen LogP contribution in [0.5, 0.6) is 0 Å². The van der Waals surface area contributed by atoms with E-state index in [0.717, 1.165) is 6.04 Å². The molecule has 0 aliphatic carbocycles. The molecule has 9 heteroatoms. The zero-order valence-electron chi connectivity index (χ0n) is 21.0. The predicted molar refractivity (Wildman–Crippen MR) is 140 cm³/mol. The van der Waals surface area contributed by atoms with E-state index >= 15 is 0 Å². The Morgan fingerprint density at radius 3 is 2.35 bits per heavy atom. The van der Waals surface area contributed by atoms with Crippen molar-refractivity contribution in [1.29, 1.82) is 0 Å². The number of nitrogens with zero attached hydrogens (tertiary/aromatic N) is 2. The molecule has 3 aromatic rings. The number of ether oxygens (including phenoxy) is 1. The van der Waals surface area contributed by atoms with Crippen LogP contribution in [0.4, 0.5) is 4.39 Å². The van der Waals surface area contributed by atoms with Gasteiger partial charge in [-0.15, -0.1) is 0 Å². The molecule has 2 aromatic heterocycles. The Morgan fingerprint density at radius 2 is 1.74 bits per heavy atom. The van der Waals surface area contributed by atoms with E-state index in [1.807, 2.05) is 44.5 Å². The average Bonchev–Trinajstić information content (AvgIpc) is 3.19. The number of hydrogen-bond donors (Lipinski definition) is 0. The van der Waals surface area contributed by atoms with E-state index < -0.39 is 26.4 Å². The molecule has 0 atom stereocenters. The van der Waals surface area contributed by atoms with Crippen LogP contribution in [-0.2, 0) is 20.8 Å². The lowest BCUT2D eigenvalue weighted by Crippen LogP contribution is -2.41. The summed E-state index contributed by atoms with van der Waals surface area (Å²) in [5.74, 6) is -0.321. The number of benzene rings is 1. The monoisotopic (exact) mass is 502 g/mol. The number of aromatic nitrogens is 2. The molecule has 34 heavy (non-hydrogen) atoms. The molecule has 0 N–H and O–H groups in total. The van der Waals surface area contributed by atoms with Gasteiger partial charge in [0.05, 0.1) is 16.2 Å². The summed E-state index contributed by atoms with van der Waals surface area (Å²) in [5.41, 5.74) is 1.36. The van der Waals surface area contributed by atoms with Gasteiger partial charge in [-0.2, -0.15) is 0 Å². The van der Waals surface area contributed by atoms with E-state index in [1.165, 1.54) is 6.07 Å². The lowest BCUT2D eigenvalue weighted by molar-refractivity contribution is 0.00578. The standard InChI is InChI=1S/C25H33BClFN2O3Si/c1-24(2)25(3,4)33-26(32-24)19-14-29-23-21(22(19)27)18(17-10-8-9-11-20(17)28)15-30(23)16-31-12-13-34(5,6)7/h8-11,14-15H,12-13,16H2,1-7H3. The summed E-state index contributed by atoms with van der Waals surface area (Å²) in [6.45, 7) is 15.9. The first-order valence-corrected chi connectivity index (χ1v) is 15.7. The van der Waals surface area contributed by atoms with Crippen molar-refractivity contribution < 1.29 is 18.4 Å². The molecule has 5 nitrogen and oxygen atoms in total. The molecule has 4 rings (SSSR count). The van der Waals surface area contributed by atoms with E-state index in [2.05, 4.69) is 19.6 Å². The zero-order chi connectivity index (χ0) is 24.9. The molecule has 1 saturated heterocycles. The Kier molecular flexibility index (Phi) is 6.77. The first-order valence-electron chi connectivity index (χ1n) is 11.7. The van der Waals surface area contributed by atoms with Crippen molar-refractivity contribution in [3.8, 4) is 11.1 Å². The van der Waals surface area contributed by atoms with Crippen LogP contribution in [0.25, 0.3) is 22.2 Å². The van der Waals surface area contributed by atoms with Crippen molar-refractivity contribution in [2.24, 2.45) is 0 Å². The third kappa shape index (κ3) is 4.84. The minimum absolute atomic E-state index is 0.314. The predicted octanol–water partition coefficient (Wildman–Crippen LogP) is 6.11. The fourth-order valence-corrected chi connectivity index (χ4v) is 4.97. The third-order valence-corrected chi connectivity index (χ3v) is 8.86. The van der Waals surface area contributed by atoms with Gasteiger partial charge in [-0.1, -0.05) is 49.4 Å². The first kappa shape index (κ1) is 25.4. The number of halogens is 2. The van der Waals surface area contributed by atoms with Gasteiger partial charge in [0.2, 0.25) is 0 Å². The van der Waals surface area contributed by atoms with Crippen molar-refractivity contribution >= 4 is 43.3 Å². The van der Waals surface area contributed by atoms with Crippen LogP contribution in [0.15, 0.2) is 36.7 Å². The molecule has 1 aromatic carbocycles. The van der Waals surface area contributed by atoms with Gasteiger partial charge >= 0.3 is 7.12 Å². The zero-order valence-corrected chi connectivity index (χ0v) is 22.8. The fourth-order valence-electron chi connectivity index (χ4n) is 3.89. The molecule has 1 aliphatic rings. The fraction of sp³-hybridized carbons (Fsp3) is 0.480. The summed E-state index contributed by atoms with van der Waals surface area (Å²) in [7, 11) is -1.88. The summed E-state index contributed by atoms with van der Waals surface area (Å²) in [5, 5.41) is 1.11. The van der Waals surface area contributed by atoms with Crippen LogP contribution < -0.4 is 5.46 Å². The molecule has 0 spiro atoms. The Hall–Kier alpha value is -1.71. The smallest absolute Gasteiger partial charge is 0.399 e. The lowest BCUT2D eigenvalue weighted by atomic mass is 9.79. The number of rotatable bonds is 7. The Morgan fingerprint density at radius 1 is 1.09 bits per heavy atom. The van der Waals surface area contributed by atoms with Gasteiger partial charge in [0.1, 0.15) is 18.2 Å². The molecular weight excluding hydrogens is 470 g/mol.